The summed E-state index contributed by atoms with van der Waals surface area (Å²) in [5, 5.41) is 0. The molecule has 0 saturated heterocycles. The average molecular weight is 233 g/mol. The van der Waals surface area contributed by atoms with E-state index in [4.69, 9.17) is 12.2 Å². The summed E-state index contributed by atoms with van der Waals surface area (Å²) in [4.78, 5) is 2.10. The number of thiol groups is 1. The summed E-state index contributed by atoms with van der Waals surface area (Å²) in [6, 6.07) is 0.898. The summed E-state index contributed by atoms with van der Waals surface area (Å²) >= 11 is 9.09. The number of hydrogen-bond donors (Lipinski definition) is 1. The quantitative estimate of drug-likeness (QED) is 0.443. The Morgan fingerprint density at radius 3 is 1.45 bits per heavy atom. The molecule has 0 aliphatic heterocycles. The maximum atomic E-state index is 4.96. The smallest absolute Gasteiger partial charge is 0.133 e. The summed E-state index contributed by atoms with van der Waals surface area (Å²) in [5.41, 5.74) is 0. The minimum atomic E-state index is 0. The maximum absolute atomic E-state index is 4.96. The van der Waals surface area contributed by atoms with Gasteiger partial charge in [-0.3, -0.25) is 0 Å². The van der Waals surface area contributed by atoms with Gasteiger partial charge in [-0.25, -0.2) is 0 Å². The molecule has 0 radical (unpaired) electrons. The van der Waals surface area contributed by atoms with E-state index in [-0.39, 0.29) is 17.1 Å². The fraction of sp³-hybridized carbons (Fsp3) is 0.857. The molecule has 0 aromatic rings. The van der Waals surface area contributed by atoms with Gasteiger partial charge >= 0.3 is 0 Å². The Morgan fingerprint density at radius 2 is 1.45 bits per heavy atom. The van der Waals surface area contributed by atoms with Crippen LogP contribution in [0.5, 0.6) is 0 Å². The Labute approximate surface area is 90.8 Å². The first-order valence-electron chi connectivity index (χ1n) is 3.48. The van der Waals surface area contributed by atoms with Crippen molar-refractivity contribution in [2.75, 3.05) is 0 Å². The third-order valence-corrected chi connectivity index (χ3v) is 1.78. The van der Waals surface area contributed by atoms with Gasteiger partial charge in [-0.2, -0.15) is 0 Å². The zero-order valence-corrected chi connectivity index (χ0v) is 10.1. The molecule has 68 valence electrons. The summed E-state index contributed by atoms with van der Waals surface area (Å²) < 4.78 is 0.685. The van der Waals surface area contributed by atoms with Gasteiger partial charge in [-0.1, -0.05) is 12.2 Å². The molecule has 0 rings (SSSR count). The first-order chi connectivity index (χ1) is 4.46. The van der Waals surface area contributed by atoms with Crippen LogP contribution < -0.4 is 0 Å². The Hall–Kier alpha value is 0.759. The van der Waals surface area contributed by atoms with E-state index in [0.717, 1.165) is 0 Å². The molecule has 0 aliphatic carbocycles. The number of nitrogens with zero attached hydrogens (tertiary/aromatic N) is 1. The van der Waals surface area contributed by atoms with Gasteiger partial charge in [0.1, 0.15) is 4.32 Å². The van der Waals surface area contributed by atoms with Gasteiger partial charge in [-0.05, 0) is 27.7 Å². The topological polar surface area (TPSA) is 3.24 Å². The van der Waals surface area contributed by atoms with E-state index in [1.54, 1.807) is 0 Å². The van der Waals surface area contributed by atoms with Crippen LogP contribution in [0.1, 0.15) is 27.7 Å². The van der Waals surface area contributed by atoms with Crippen molar-refractivity contribution < 1.29 is 17.1 Å². The van der Waals surface area contributed by atoms with Crippen molar-refractivity contribution in [3.05, 3.63) is 0 Å². The third kappa shape index (κ3) is 5.07. The molecule has 0 heterocycles. The van der Waals surface area contributed by atoms with Gasteiger partial charge in [0.15, 0.2) is 0 Å². The molecular formula is C7H15FeNS2. The predicted octanol–water partition coefficient (Wildman–Crippen LogP) is 2.32. The van der Waals surface area contributed by atoms with Crippen LogP contribution in [0.15, 0.2) is 0 Å². The summed E-state index contributed by atoms with van der Waals surface area (Å²) in [6.07, 6.45) is 0. The van der Waals surface area contributed by atoms with E-state index in [2.05, 4.69) is 45.2 Å². The molecule has 0 spiro atoms. The molecule has 0 aliphatic rings. The van der Waals surface area contributed by atoms with E-state index in [0.29, 0.717) is 16.4 Å². The van der Waals surface area contributed by atoms with Crippen molar-refractivity contribution in [1.29, 1.82) is 0 Å². The van der Waals surface area contributed by atoms with E-state index in [1.165, 1.54) is 0 Å². The molecule has 0 bridgehead atoms. The second-order valence-electron chi connectivity index (χ2n) is 2.88. The number of hydrogen-bond acceptors (Lipinski definition) is 1. The zero-order chi connectivity index (χ0) is 8.31. The Bertz CT molecular complexity index is 118. The Kier molecular flexibility index (Phi) is 8.18. The van der Waals surface area contributed by atoms with Crippen molar-refractivity contribution >= 4 is 29.2 Å². The van der Waals surface area contributed by atoms with E-state index < -0.39 is 0 Å². The minimum Gasteiger partial charge on any atom is -0.353 e. The van der Waals surface area contributed by atoms with Crippen LogP contribution in [-0.2, 0) is 17.1 Å². The van der Waals surface area contributed by atoms with Crippen LogP contribution in [0.25, 0.3) is 0 Å². The average Bonchev–Trinajstić information content (AvgIpc) is 1.59. The Balaban J connectivity index is 0. The summed E-state index contributed by atoms with van der Waals surface area (Å²) in [5.74, 6) is 0. The van der Waals surface area contributed by atoms with E-state index in [9.17, 15) is 0 Å². The molecule has 11 heavy (non-hydrogen) atoms. The molecule has 0 aromatic heterocycles. The van der Waals surface area contributed by atoms with Crippen LogP contribution in [0, 0.1) is 0 Å². The SMILES string of the molecule is CC(C)N(C(=S)S)C(C)C.[Fe]. The second kappa shape index (κ2) is 6.29. The van der Waals surface area contributed by atoms with Crippen molar-refractivity contribution in [2.24, 2.45) is 0 Å². The number of rotatable bonds is 2. The number of thiocarbonyl (C=S) groups is 1. The molecule has 0 unspecified atom stereocenters. The van der Waals surface area contributed by atoms with Gasteiger partial charge < -0.3 is 4.90 Å². The molecule has 0 N–H and O–H groups in total. The van der Waals surface area contributed by atoms with Crippen molar-refractivity contribution in [3.8, 4) is 0 Å². The van der Waals surface area contributed by atoms with Crippen molar-refractivity contribution in [2.45, 2.75) is 39.8 Å². The molecule has 0 aromatic carbocycles. The molecule has 0 atom stereocenters. The fourth-order valence-corrected chi connectivity index (χ4v) is 1.92. The van der Waals surface area contributed by atoms with Gasteiger partial charge in [0, 0.05) is 29.2 Å². The van der Waals surface area contributed by atoms with Crippen molar-refractivity contribution in [3.63, 3.8) is 0 Å². The molecule has 1 nitrogen and oxygen atoms in total. The molecule has 4 heteroatoms. The van der Waals surface area contributed by atoms with Crippen LogP contribution in [0.3, 0.4) is 0 Å². The van der Waals surface area contributed by atoms with Gasteiger partial charge in [-0.15, -0.1) is 12.6 Å². The van der Waals surface area contributed by atoms with Crippen LogP contribution in [-0.4, -0.2) is 21.3 Å². The summed E-state index contributed by atoms with van der Waals surface area (Å²) in [7, 11) is 0. The largest absolute Gasteiger partial charge is 0.353 e. The third-order valence-electron chi connectivity index (χ3n) is 1.33. The van der Waals surface area contributed by atoms with Gasteiger partial charge in [0.25, 0.3) is 0 Å². The zero-order valence-electron chi connectivity index (χ0n) is 7.31. The van der Waals surface area contributed by atoms with Crippen molar-refractivity contribution in [1.82, 2.24) is 4.90 Å². The predicted molar refractivity (Wildman–Crippen MR) is 53.7 cm³/mol. The maximum Gasteiger partial charge on any atom is 0.133 e. The molecule has 0 saturated carbocycles. The van der Waals surface area contributed by atoms with Gasteiger partial charge in [0.05, 0.1) is 0 Å². The Morgan fingerprint density at radius 1 is 1.18 bits per heavy atom. The minimum absolute atomic E-state index is 0. The fourth-order valence-electron chi connectivity index (χ4n) is 1.04. The summed E-state index contributed by atoms with van der Waals surface area (Å²) in [6.45, 7) is 8.45. The van der Waals surface area contributed by atoms with E-state index in [1.807, 2.05) is 0 Å². The normalized spacial score (nSPS) is 9.73. The second-order valence-corrected chi connectivity index (χ2v) is 3.99. The first kappa shape index (κ1) is 14.3. The van der Waals surface area contributed by atoms with E-state index >= 15 is 0 Å². The molecule has 0 amide bonds. The molecular weight excluding hydrogens is 218 g/mol. The first-order valence-corrected chi connectivity index (χ1v) is 4.33. The van der Waals surface area contributed by atoms with Crippen LogP contribution >= 0.6 is 24.8 Å². The monoisotopic (exact) mass is 233 g/mol. The van der Waals surface area contributed by atoms with Crippen LogP contribution in [0.4, 0.5) is 0 Å². The van der Waals surface area contributed by atoms with Crippen LogP contribution in [0.2, 0.25) is 0 Å². The standard InChI is InChI=1S/C7H15NS2.Fe/c1-5(2)8(6(3)4)7(9)10;/h5-6H,1-4H3,(H,9,10);. The van der Waals surface area contributed by atoms with Gasteiger partial charge in [0.2, 0.25) is 0 Å². The molecule has 0 fully saturated rings.